The second-order valence-electron chi connectivity index (χ2n) is 14.3. The summed E-state index contributed by atoms with van der Waals surface area (Å²) in [5.41, 5.74) is 3.22. The van der Waals surface area contributed by atoms with E-state index in [4.69, 9.17) is 38.5 Å². The molecule has 1 aliphatic heterocycles. The van der Waals surface area contributed by atoms with Crippen molar-refractivity contribution in [2.45, 2.75) is 83.4 Å². The fraction of sp³-hybridized carbons (Fsp3) is 0.818. The van der Waals surface area contributed by atoms with Crippen LogP contribution in [-0.2, 0) is 55.8 Å². The summed E-state index contributed by atoms with van der Waals surface area (Å²) in [7, 11) is -10.4. The number of aliphatic hydroxyl groups is 1. The topological polar surface area (TPSA) is 229 Å². The van der Waals surface area contributed by atoms with Crippen LogP contribution in [0.1, 0.15) is 59.3 Å². The van der Waals surface area contributed by atoms with E-state index in [1.54, 1.807) is 12.2 Å². The van der Waals surface area contributed by atoms with E-state index in [9.17, 15) is 33.6 Å². The molecule has 1 saturated heterocycles. The molecule has 16 nitrogen and oxygen atoms in total. The number of hydrogen-bond acceptors (Lipinski definition) is 14. The molecule has 3 saturated carbocycles. The van der Waals surface area contributed by atoms with Gasteiger partial charge in [-0.3, -0.25) is 18.6 Å². The number of hydrogen-bond donors (Lipinski definition) is 4. The number of phosphoric ester groups is 2. The highest BCUT2D eigenvalue weighted by Gasteiger charge is 2.75. The molecule has 0 amide bonds. The number of nitrogens with two attached hydrogens (primary N) is 1. The number of aliphatic hydroxyl groups excluding tert-OH is 1. The first-order valence-electron chi connectivity index (χ1n) is 17.7. The van der Waals surface area contributed by atoms with E-state index in [2.05, 4.69) is 4.31 Å². The highest BCUT2D eigenvalue weighted by Crippen LogP contribution is 2.70. The highest BCUT2D eigenvalue weighted by molar-refractivity contribution is 7.61. The summed E-state index contributed by atoms with van der Waals surface area (Å²) in [6.07, 6.45) is 6.05. The van der Waals surface area contributed by atoms with Crippen LogP contribution in [0.25, 0.3) is 0 Å². The van der Waals surface area contributed by atoms with Crippen LogP contribution in [0.2, 0.25) is 0 Å². The van der Waals surface area contributed by atoms with E-state index in [0.717, 1.165) is 5.57 Å². The molecule has 0 aromatic rings. The smallest absolute Gasteiger partial charge is 0.393 e. The fourth-order valence-electron chi connectivity index (χ4n) is 9.27. The monoisotopic (exact) mass is 765 g/mol. The SMILES string of the molecule is CCCC1OC2CC3C4CCC5=CC(=O)C=CC5(C)C4C(O)CC3(C)C2(C(=O)COP(=O)(O)OP(=O)(O)OCCOCCOCCOCCN)O1. The summed E-state index contributed by atoms with van der Waals surface area (Å²) in [6, 6.07) is 0. The Balaban J connectivity index is 1.20. The van der Waals surface area contributed by atoms with Crippen molar-refractivity contribution >= 4 is 27.2 Å². The third-order valence-corrected chi connectivity index (χ3v) is 13.9. The molecular formula is C33H53NO15P2. The van der Waals surface area contributed by atoms with Gasteiger partial charge in [-0.2, -0.15) is 4.31 Å². The molecule has 0 bridgehead atoms. The van der Waals surface area contributed by atoms with Crippen molar-refractivity contribution in [3.8, 4) is 0 Å². The van der Waals surface area contributed by atoms with Crippen molar-refractivity contribution in [2.24, 2.45) is 34.3 Å². The van der Waals surface area contributed by atoms with Crippen LogP contribution in [0.15, 0.2) is 23.8 Å². The van der Waals surface area contributed by atoms with Crippen molar-refractivity contribution in [3.05, 3.63) is 23.8 Å². The second kappa shape index (κ2) is 16.7. The molecule has 0 aromatic carbocycles. The molecule has 4 aliphatic carbocycles. The molecule has 0 radical (unpaired) electrons. The van der Waals surface area contributed by atoms with Gasteiger partial charge in [0, 0.05) is 23.3 Å². The summed E-state index contributed by atoms with van der Waals surface area (Å²) >= 11 is 0. The van der Waals surface area contributed by atoms with Crippen LogP contribution in [0.5, 0.6) is 0 Å². The van der Waals surface area contributed by atoms with Gasteiger partial charge < -0.3 is 44.3 Å². The number of Topliss-reactive ketones (excluding diaryl/α,β-unsaturated/α-hetero) is 1. The Kier molecular flexibility index (Phi) is 13.4. The Hall–Kier alpha value is -1.20. The molecular weight excluding hydrogens is 712 g/mol. The molecule has 51 heavy (non-hydrogen) atoms. The molecule has 4 fully saturated rings. The minimum absolute atomic E-state index is 0.0333. The lowest BCUT2D eigenvalue weighted by molar-refractivity contribution is -0.200. The summed E-state index contributed by atoms with van der Waals surface area (Å²) in [6.45, 7) is 6.28. The molecule has 1 heterocycles. The molecule has 11 atom stereocenters. The molecule has 11 unspecified atom stereocenters. The van der Waals surface area contributed by atoms with Crippen LogP contribution < -0.4 is 5.73 Å². The Morgan fingerprint density at radius 2 is 1.67 bits per heavy atom. The van der Waals surface area contributed by atoms with Crippen molar-refractivity contribution in [3.63, 3.8) is 0 Å². The van der Waals surface area contributed by atoms with Crippen molar-refractivity contribution in [1.29, 1.82) is 0 Å². The van der Waals surface area contributed by atoms with Crippen molar-refractivity contribution in [1.82, 2.24) is 0 Å². The van der Waals surface area contributed by atoms with Gasteiger partial charge in [0.15, 0.2) is 23.5 Å². The number of carbonyl (C=O) groups excluding carboxylic acids is 2. The van der Waals surface area contributed by atoms with Crippen molar-refractivity contribution in [2.75, 3.05) is 59.4 Å². The predicted molar refractivity (Wildman–Crippen MR) is 180 cm³/mol. The predicted octanol–water partition coefficient (Wildman–Crippen LogP) is 2.98. The van der Waals surface area contributed by atoms with E-state index < -0.39 is 69.6 Å². The number of rotatable bonds is 20. The zero-order chi connectivity index (χ0) is 37.1. The summed E-state index contributed by atoms with van der Waals surface area (Å²) in [4.78, 5) is 46.9. The lowest BCUT2D eigenvalue weighted by atomic mass is 9.46. The lowest BCUT2D eigenvalue weighted by Gasteiger charge is -2.59. The quantitative estimate of drug-likeness (QED) is 0.103. The number of allylic oxidation sites excluding steroid dienone is 4. The molecule has 290 valence electrons. The highest BCUT2D eigenvalue weighted by atomic mass is 31.3. The zero-order valence-corrected chi connectivity index (χ0v) is 31.3. The van der Waals surface area contributed by atoms with E-state index in [1.165, 1.54) is 0 Å². The van der Waals surface area contributed by atoms with Crippen LogP contribution in [0, 0.1) is 28.6 Å². The van der Waals surface area contributed by atoms with E-state index in [0.29, 0.717) is 58.5 Å². The molecule has 5 N–H and O–H groups in total. The van der Waals surface area contributed by atoms with Crippen molar-refractivity contribution < 1.29 is 70.7 Å². The molecule has 0 spiro atoms. The van der Waals surface area contributed by atoms with E-state index >= 15 is 0 Å². The first-order chi connectivity index (χ1) is 24.1. The normalized spacial score (nSPS) is 37.9. The zero-order valence-electron chi connectivity index (χ0n) is 29.5. The van der Waals surface area contributed by atoms with Crippen LogP contribution >= 0.6 is 15.6 Å². The lowest BCUT2D eigenvalue weighted by Crippen LogP contribution is -2.63. The number of ether oxygens (including phenoxy) is 5. The summed E-state index contributed by atoms with van der Waals surface area (Å²) in [5, 5.41) is 11.9. The Labute approximate surface area is 298 Å². The largest absolute Gasteiger partial charge is 0.481 e. The maximum absolute atomic E-state index is 14.3. The molecule has 18 heteroatoms. The average molecular weight is 766 g/mol. The Morgan fingerprint density at radius 1 is 1.02 bits per heavy atom. The Morgan fingerprint density at radius 3 is 2.33 bits per heavy atom. The average Bonchev–Trinajstić information content (AvgIpc) is 3.54. The minimum atomic E-state index is -5.31. The van der Waals surface area contributed by atoms with Gasteiger partial charge in [-0.05, 0) is 56.1 Å². The van der Waals surface area contributed by atoms with Gasteiger partial charge in [0.1, 0.15) is 6.61 Å². The fourth-order valence-corrected chi connectivity index (χ4v) is 11.3. The number of ketones is 2. The second-order valence-corrected chi connectivity index (χ2v) is 17.4. The Bertz CT molecular complexity index is 1430. The third kappa shape index (κ3) is 8.55. The molecule has 5 aliphatic rings. The summed E-state index contributed by atoms with van der Waals surface area (Å²) in [5.74, 6) is -1.13. The van der Waals surface area contributed by atoms with Crippen LogP contribution in [-0.4, -0.2) is 110 Å². The first-order valence-corrected chi connectivity index (χ1v) is 20.7. The standard InChI is InChI=1S/C33H53NO15P2/c1-4-5-29-47-28-19-25-24-7-6-22-18-23(35)8-9-31(22,2)30(24)26(36)20-32(25,3)33(28,48-29)27(37)21-46-51(40,41)49-50(38,39)45-17-16-44-15-14-43-13-12-42-11-10-34/h8-9,18,24-26,28-30,36H,4-7,10-17,19-21,34H2,1-3H3,(H,38,39)(H,40,41). The van der Waals surface area contributed by atoms with Gasteiger partial charge in [0.2, 0.25) is 0 Å². The number of carbonyl (C=O) groups is 2. The number of fused-ring (bicyclic) bond motifs is 7. The van der Waals surface area contributed by atoms with Gasteiger partial charge >= 0.3 is 15.6 Å². The molecule has 0 aromatic heterocycles. The third-order valence-electron chi connectivity index (χ3n) is 11.3. The van der Waals surface area contributed by atoms with Gasteiger partial charge in [-0.1, -0.05) is 38.8 Å². The van der Waals surface area contributed by atoms with E-state index in [1.807, 2.05) is 26.8 Å². The minimum Gasteiger partial charge on any atom is -0.393 e. The molecule has 5 rings (SSSR count). The maximum atomic E-state index is 14.3. The summed E-state index contributed by atoms with van der Waals surface area (Å²) < 4.78 is 68.1. The number of phosphoric acid groups is 2. The van der Waals surface area contributed by atoms with Crippen LogP contribution in [0.4, 0.5) is 0 Å². The van der Waals surface area contributed by atoms with Crippen LogP contribution in [0.3, 0.4) is 0 Å². The first kappa shape index (κ1) is 41.0. The van der Waals surface area contributed by atoms with Gasteiger partial charge in [0.05, 0.1) is 58.5 Å². The maximum Gasteiger partial charge on any atom is 0.481 e. The van der Waals surface area contributed by atoms with Gasteiger partial charge in [0.25, 0.3) is 0 Å². The van der Waals surface area contributed by atoms with Gasteiger partial charge in [-0.25, -0.2) is 9.13 Å². The van der Waals surface area contributed by atoms with Gasteiger partial charge in [-0.15, -0.1) is 0 Å². The van der Waals surface area contributed by atoms with E-state index in [-0.39, 0.29) is 49.8 Å².